The third-order valence-electron chi connectivity index (χ3n) is 3.09. The van der Waals surface area contributed by atoms with Gasteiger partial charge in [-0.2, -0.15) is 5.10 Å². The molecule has 5 heteroatoms. The number of hydrogen-bond acceptors (Lipinski definition) is 3. The maximum Gasteiger partial charge on any atom is 0.271 e. The van der Waals surface area contributed by atoms with Crippen LogP contribution >= 0.6 is 0 Å². The van der Waals surface area contributed by atoms with Gasteiger partial charge in [0.15, 0.2) is 0 Å². The number of hydrazone groups is 1. The van der Waals surface area contributed by atoms with Crippen molar-refractivity contribution in [3.63, 3.8) is 0 Å². The van der Waals surface area contributed by atoms with Crippen LogP contribution in [0.1, 0.15) is 25.3 Å². The Morgan fingerprint density at radius 2 is 2.00 bits per heavy atom. The zero-order valence-corrected chi connectivity index (χ0v) is 11.1. The van der Waals surface area contributed by atoms with Gasteiger partial charge in [-0.05, 0) is 24.1 Å². The van der Waals surface area contributed by atoms with Gasteiger partial charge < -0.3 is 5.32 Å². The fraction of sp³-hybridized carbons (Fsp3) is 0.357. The van der Waals surface area contributed by atoms with Crippen molar-refractivity contribution in [3.8, 4) is 0 Å². The minimum atomic E-state index is -0.247. The second-order valence-corrected chi connectivity index (χ2v) is 4.47. The summed E-state index contributed by atoms with van der Waals surface area (Å²) in [5, 5.41) is 7.99. The Kier molecular flexibility index (Phi) is 3.94. The highest BCUT2D eigenvalue weighted by molar-refractivity contribution is 6.43. The third-order valence-corrected chi connectivity index (χ3v) is 3.09. The molecule has 19 heavy (non-hydrogen) atoms. The van der Waals surface area contributed by atoms with Crippen LogP contribution in [0.3, 0.4) is 0 Å². The lowest BCUT2D eigenvalue weighted by Gasteiger charge is -2.18. The highest BCUT2D eigenvalue weighted by Gasteiger charge is 2.21. The molecule has 1 heterocycles. The number of amides is 2. The van der Waals surface area contributed by atoms with Crippen molar-refractivity contribution >= 4 is 23.2 Å². The molecule has 2 amide bonds. The molecule has 1 N–H and O–H groups in total. The Morgan fingerprint density at radius 3 is 2.58 bits per heavy atom. The van der Waals surface area contributed by atoms with Crippen molar-refractivity contribution in [3.05, 3.63) is 29.8 Å². The molecule has 0 saturated carbocycles. The normalized spacial score (nSPS) is 15.2. The standard InChI is InChI=1S/C14H17N3O2/c1-3-10-4-6-11(7-5-10)15-14(19)12-8-9-13(18)17(2)16-12/h4-7H,3,8-9H2,1-2H3,(H,15,19). The molecular formula is C14H17N3O2. The van der Waals surface area contributed by atoms with E-state index in [9.17, 15) is 9.59 Å². The van der Waals surface area contributed by atoms with E-state index in [2.05, 4.69) is 17.3 Å². The van der Waals surface area contributed by atoms with E-state index in [1.165, 1.54) is 10.6 Å². The largest absolute Gasteiger partial charge is 0.321 e. The predicted octanol–water partition coefficient (Wildman–Crippen LogP) is 1.80. The lowest BCUT2D eigenvalue weighted by atomic mass is 10.1. The third kappa shape index (κ3) is 3.19. The molecule has 0 radical (unpaired) electrons. The molecule has 0 atom stereocenters. The van der Waals surface area contributed by atoms with E-state index in [0.29, 0.717) is 18.6 Å². The molecule has 100 valence electrons. The minimum Gasteiger partial charge on any atom is -0.321 e. The highest BCUT2D eigenvalue weighted by atomic mass is 16.2. The van der Waals surface area contributed by atoms with Gasteiger partial charge in [0.2, 0.25) is 5.91 Å². The molecule has 0 unspecified atom stereocenters. The van der Waals surface area contributed by atoms with Gasteiger partial charge >= 0.3 is 0 Å². The summed E-state index contributed by atoms with van der Waals surface area (Å²) in [6.07, 6.45) is 1.69. The SMILES string of the molecule is CCc1ccc(NC(=O)C2=NN(C)C(=O)CC2)cc1. The summed E-state index contributed by atoms with van der Waals surface area (Å²) < 4.78 is 0. The van der Waals surface area contributed by atoms with E-state index in [4.69, 9.17) is 0 Å². The van der Waals surface area contributed by atoms with E-state index < -0.39 is 0 Å². The molecule has 0 aromatic heterocycles. The topological polar surface area (TPSA) is 61.8 Å². The molecule has 0 aliphatic carbocycles. The second kappa shape index (κ2) is 5.65. The van der Waals surface area contributed by atoms with Gasteiger partial charge in [0.25, 0.3) is 5.91 Å². The molecule has 0 spiro atoms. The second-order valence-electron chi connectivity index (χ2n) is 4.47. The summed E-state index contributed by atoms with van der Waals surface area (Å²) in [5.74, 6) is -0.313. The predicted molar refractivity (Wildman–Crippen MR) is 73.9 cm³/mol. The molecular weight excluding hydrogens is 242 g/mol. The maximum atomic E-state index is 12.0. The van der Waals surface area contributed by atoms with Crippen molar-refractivity contribution in [2.75, 3.05) is 12.4 Å². The zero-order chi connectivity index (χ0) is 13.8. The first-order chi connectivity index (χ1) is 9.10. The summed E-state index contributed by atoms with van der Waals surface area (Å²) >= 11 is 0. The van der Waals surface area contributed by atoms with Gasteiger partial charge in [0, 0.05) is 25.6 Å². The number of nitrogens with one attached hydrogen (secondary N) is 1. The number of nitrogens with zero attached hydrogens (tertiary/aromatic N) is 2. The molecule has 2 rings (SSSR count). The quantitative estimate of drug-likeness (QED) is 0.899. The summed E-state index contributed by atoms with van der Waals surface area (Å²) in [7, 11) is 1.56. The van der Waals surface area contributed by atoms with Crippen molar-refractivity contribution in [2.24, 2.45) is 5.10 Å². The number of carbonyl (C=O) groups excluding carboxylic acids is 2. The average molecular weight is 259 g/mol. The van der Waals surface area contributed by atoms with Crippen LogP contribution in [-0.2, 0) is 16.0 Å². The number of carbonyl (C=O) groups is 2. The lowest BCUT2D eigenvalue weighted by molar-refractivity contribution is -0.130. The van der Waals surface area contributed by atoms with Crippen LogP contribution in [-0.4, -0.2) is 29.6 Å². The monoisotopic (exact) mass is 259 g/mol. The Bertz CT molecular complexity index is 520. The molecule has 1 aliphatic rings. The van der Waals surface area contributed by atoms with E-state index >= 15 is 0 Å². The fourth-order valence-corrected chi connectivity index (χ4v) is 1.86. The first-order valence-corrected chi connectivity index (χ1v) is 6.34. The van der Waals surface area contributed by atoms with Crippen LogP contribution in [0.2, 0.25) is 0 Å². The van der Waals surface area contributed by atoms with Crippen molar-refractivity contribution in [1.82, 2.24) is 5.01 Å². The lowest BCUT2D eigenvalue weighted by Crippen LogP contribution is -2.34. The van der Waals surface area contributed by atoms with Gasteiger partial charge in [-0.15, -0.1) is 0 Å². The van der Waals surface area contributed by atoms with Gasteiger partial charge in [-0.1, -0.05) is 19.1 Å². The number of anilines is 1. The Morgan fingerprint density at radius 1 is 1.32 bits per heavy atom. The molecule has 0 saturated heterocycles. The first-order valence-electron chi connectivity index (χ1n) is 6.34. The Labute approximate surface area is 112 Å². The fourth-order valence-electron chi connectivity index (χ4n) is 1.86. The molecule has 5 nitrogen and oxygen atoms in total. The summed E-state index contributed by atoms with van der Waals surface area (Å²) in [4.78, 5) is 23.3. The average Bonchev–Trinajstić information content (AvgIpc) is 2.42. The molecule has 1 aromatic rings. The molecule has 0 bridgehead atoms. The number of aryl methyl sites for hydroxylation is 1. The van der Waals surface area contributed by atoms with E-state index in [1.807, 2.05) is 24.3 Å². The molecule has 1 aromatic carbocycles. The zero-order valence-electron chi connectivity index (χ0n) is 11.1. The highest BCUT2D eigenvalue weighted by Crippen LogP contribution is 2.12. The number of benzene rings is 1. The Balaban J connectivity index is 2.04. The van der Waals surface area contributed by atoms with Crippen LogP contribution in [0.15, 0.2) is 29.4 Å². The minimum absolute atomic E-state index is 0.0659. The summed E-state index contributed by atoms with van der Waals surface area (Å²) in [6, 6.07) is 7.70. The van der Waals surface area contributed by atoms with Crippen LogP contribution in [0, 0.1) is 0 Å². The van der Waals surface area contributed by atoms with Gasteiger partial charge in [0.05, 0.1) is 0 Å². The van der Waals surface area contributed by atoms with Crippen LogP contribution in [0.5, 0.6) is 0 Å². The van der Waals surface area contributed by atoms with Crippen molar-refractivity contribution in [1.29, 1.82) is 0 Å². The van der Waals surface area contributed by atoms with Crippen LogP contribution < -0.4 is 5.32 Å². The number of hydrogen-bond donors (Lipinski definition) is 1. The van der Waals surface area contributed by atoms with Crippen molar-refractivity contribution < 1.29 is 9.59 Å². The van der Waals surface area contributed by atoms with Crippen molar-refractivity contribution in [2.45, 2.75) is 26.2 Å². The van der Waals surface area contributed by atoms with Crippen LogP contribution in [0.25, 0.3) is 0 Å². The van der Waals surface area contributed by atoms with Crippen LogP contribution in [0.4, 0.5) is 5.69 Å². The van der Waals surface area contributed by atoms with E-state index in [-0.39, 0.29) is 11.8 Å². The Hall–Kier alpha value is -2.17. The van der Waals surface area contributed by atoms with E-state index in [1.54, 1.807) is 7.05 Å². The summed E-state index contributed by atoms with van der Waals surface area (Å²) in [5.41, 5.74) is 2.35. The van der Waals surface area contributed by atoms with E-state index in [0.717, 1.165) is 12.1 Å². The molecule has 1 aliphatic heterocycles. The van der Waals surface area contributed by atoms with Gasteiger partial charge in [-0.3, -0.25) is 9.59 Å². The van der Waals surface area contributed by atoms with Gasteiger partial charge in [0.1, 0.15) is 5.71 Å². The molecule has 0 fully saturated rings. The summed E-state index contributed by atoms with van der Waals surface area (Å²) in [6.45, 7) is 2.08. The smallest absolute Gasteiger partial charge is 0.271 e. The maximum absolute atomic E-state index is 12.0. The van der Waals surface area contributed by atoms with Gasteiger partial charge in [-0.25, -0.2) is 5.01 Å². The number of rotatable bonds is 3. The first kappa shape index (κ1) is 13.3.